The van der Waals surface area contributed by atoms with Crippen molar-refractivity contribution in [2.45, 2.75) is 13.2 Å². The fraction of sp³-hybridized carbons (Fsp3) is 0.200. The first kappa shape index (κ1) is 12.9. The summed E-state index contributed by atoms with van der Waals surface area (Å²) < 4.78 is 28.3. The van der Waals surface area contributed by atoms with Gasteiger partial charge in [0.1, 0.15) is 11.6 Å². The van der Waals surface area contributed by atoms with Gasteiger partial charge in [0, 0.05) is 6.54 Å². The van der Waals surface area contributed by atoms with Crippen LogP contribution in [0, 0.1) is 11.3 Å². The molecule has 0 radical (unpaired) electrons. The Morgan fingerprint density at radius 1 is 1.59 bits per heavy atom. The normalized spacial score (nSPS) is 10.1. The SMILES string of the molecule is N#Cc1cc(CN)cc(C(=O)O)c1OC(F)F. The van der Waals surface area contributed by atoms with Crippen molar-refractivity contribution in [2.24, 2.45) is 5.73 Å². The Labute approximate surface area is 95.0 Å². The van der Waals surface area contributed by atoms with Crippen molar-refractivity contribution >= 4 is 5.97 Å². The molecule has 0 saturated carbocycles. The van der Waals surface area contributed by atoms with Crippen LogP contribution in [0.3, 0.4) is 0 Å². The quantitative estimate of drug-likeness (QED) is 0.829. The monoisotopic (exact) mass is 242 g/mol. The molecule has 1 rings (SSSR count). The van der Waals surface area contributed by atoms with E-state index >= 15 is 0 Å². The molecule has 0 atom stereocenters. The maximum Gasteiger partial charge on any atom is 0.387 e. The number of carbonyl (C=O) groups is 1. The number of ether oxygens (including phenoxy) is 1. The number of hydrogen-bond acceptors (Lipinski definition) is 4. The largest absolute Gasteiger partial charge is 0.478 e. The molecule has 0 aliphatic heterocycles. The summed E-state index contributed by atoms with van der Waals surface area (Å²) in [6.45, 7) is -3.21. The molecule has 0 unspecified atom stereocenters. The second kappa shape index (κ2) is 5.23. The highest BCUT2D eigenvalue weighted by atomic mass is 19.3. The first-order valence-electron chi connectivity index (χ1n) is 4.44. The molecule has 7 heteroatoms. The summed E-state index contributed by atoms with van der Waals surface area (Å²) in [6, 6.07) is 3.90. The third-order valence-corrected chi connectivity index (χ3v) is 1.94. The van der Waals surface area contributed by atoms with Crippen LogP contribution in [0.15, 0.2) is 12.1 Å². The van der Waals surface area contributed by atoms with Gasteiger partial charge in [0.25, 0.3) is 0 Å². The van der Waals surface area contributed by atoms with Crippen molar-refractivity contribution in [3.63, 3.8) is 0 Å². The molecule has 1 aromatic carbocycles. The molecule has 0 bridgehead atoms. The topological polar surface area (TPSA) is 96.3 Å². The van der Waals surface area contributed by atoms with E-state index in [0.29, 0.717) is 5.56 Å². The van der Waals surface area contributed by atoms with E-state index in [1.165, 1.54) is 6.07 Å². The predicted molar refractivity (Wildman–Crippen MR) is 52.6 cm³/mol. The molecular weight excluding hydrogens is 234 g/mol. The summed E-state index contributed by atoms with van der Waals surface area (Å²) in [5.74, 6) is -2.11. The Morgan fingerprint density at radius 3 is 2.65 bits per heavy atom. The molecule has 0 spiro atoms. The number of benzene rings is 1. The highest BCUT2D eigenvalue weighted by Gasteiger charge is 2.20. The van der Waals surface area contributed by atoms with Crippen molar-refractivity contribution in [3.8, 4) is 11.8 Å². The predicted octanol–water partition coefficient (Wildman–Crippen LogP) is 1.32. The summed E-state index contributed by atoms with van der Waals surface area (Å²) >= 11 is 0. The Balaban J connectivity index is 3.42. The number of nitrogens with two attached hydrogens (primary N) is 1. The van der Waals surface area contributed by atoms with Gasteiger partial charge in [0.2, 0.25) is 0 Å². The second-order valence-electron chi connectivity index (χ2n) is 3.02. The molecule has 5 nitrogen and oxygen atoms in total. The lowest BCUT2D eigenvalue weighted by atomic mass is 10.0. The Hall–Kier alpha value is -2.20. The van der Waals surface area contributed by atoms with E-state index in [-0.39, 0.29) is 12.1 Å². The second-order valence-corrected chi connectivity index (χ2v) is 3.02. The fourth-order valence-electron chi connectivity index (χ4n) is 1.26. The van der Waals surface area contributed by atoms with Crippen LogP contribution >= 0.6 is 0 Å². The third kappa shape index (κ3) is 2.89. The van der Waals surface area contributed by atoms with Gasteiger partial charge in [0.05, 0.1) is 5.56 Å². The minimum atomic E-state index is -3.20. The molecule has 0 amide bonds. The van der Waals surface area contributed by atoms with Crippen LogP contribution in [-0.2, 0) is 6.54 Å². The maximum atomic E-state index is 12.1. The minimum absolute atomic E-state index is 0.0100. The van der Waals surface area contributed by atoms with Gasteiger partial charge in [-0.3, -0.25) is 0 Å². The maximum absolute atomic E-state index is 12.1. The van der Waals surface area contributed by atoms with Crippen molar-refractivity contribution in [2.75, 3.05) is 0 Å². The Morgan fingerprint density at radius 2 is 2.24 bits per heavy atom. The van der Waals surface area contributed by atoms with Gasteiger partial charge in [-0.25, -0.2) is 4.79 Å². The molecule has 3 N–H and O–H groups in total. The van der Waals surface area contributed by atoms with Crippen molar-refractivity contribution < 1.29 is 23.4 Å². The number of nitriles is 1. The van der Waals surface area contributed by atoms with Gasteiger partial charge >= 0.3 is 12.6 Å². The van der Waals surface area contributed by atoms with Gasteiger partial charge in [0.15, 0.2) is 5.75 Å². The minimum Gasteiger partial charge on any atom is -0.478 e. The zero-order valence-electron chi connectivity index (χ0n) is 8.48. The van der Waals surface area contributed by atoms with Gasteiger partial charge in [-0.15, -0.1) is 0 Å². The zero-order valence-corrected chi connectivity index (χ0v) is 8.48. The van der Waals surface area contributed by atoms with Crippen LogP contribution in [-0.4, -0.2) is 17.7 Å². The summed E-state index contributed by atoms with van der Waals surface area (Å²) in [7, 11) is 0. The number of hydrogen-bond donors (Lipinski definition) is 2. The standard InChI is InChI=1S/C10H8F2N2O3/c11-10(12)17-8-6(4-14)1-5(3-13)2-7(8)9(15)16/h1-2,10H,3,13H2,(H,15,16). The molecule has 1 aromatic rings. The number of rotatable bonds is 4. The number of carboxylic acid groups (broad SMARTS) is 1. The van der Waals surface area contributed by atoms with Crippen molar-refractivity contribution in [1.29, 1.82) is 5.26 Å². The molecule has 0 saturated heterocycles. The van der Waals surface area contributed by atoms with Crippen LogP contribution in [0.5, 0.6) is 5.75 Å². The van der Waals surface area contributed by atoms with E-state index in [9.17, 15) is 13.6 Å². The molecular formula is C10H8F2N2O3. The number of carboxylic acids is 1. The number of aromatic carboxylic acids is 1. The zero-order chi connectivity index (χ0) is 13.0. The van der Waals surface area contributed by atoms with Crippen LogP contribution in [0.4, 0.5) is 8.78 Å². The molecule has 17 heavy (non-hydrogen) atoms. The van der Waals surface area contributed by atoms with Gasteiger partial charge < -0.3 is 15.6 Å². The molecule has 0 heterocycles. The summed E-state index contributed by atoms with van der Waals surface area (Å²) in [5, 5.41) is 17.6. The first-order valence-corrected chi connectivity index (χ1v) is 4.44. The molecule has 0 aliphatic rings. The molecule has 0 aliphatic carbocycles. The van der Waals surface area contributed by atoms with Crippen LogP contribution in [0.2, 0.25) is 0 Å². The smallest absolute Gasteiger partial charge is 0.387 e. The third-order valence-electron chi connectivity index (χ3n) is 1.94. The number of nitrogens with zero attached hydrogens (tertiary/aromatic N) is 1. The van der Waals surface area contributed by atoms with Crippen LogP contribution < -0.4 is 10.5 Å². The Bertz CT molecular complexity index is 483. The van der Waals surface area contributed by atoms with Crippen molar-refractivity contribution in [1.82, 2.24) is 0 Å². The summed E-state index contributed by atoms with van der Waals surface area (Å²) in [6.07, 6.45) is 0. The van der Waals surface area contributed by atoms with Crippen molar-refractivity contribution in [3.05, 3.63) is 28.8 Å². The lowest BCUT2D eigenvalue weighted by Gasteiger charge is -2.11. The molecule has 90 valence electrons. The fourth-order valence-corrected chi connectivity index (χ4v) is 1.26. The number of halogens is 2. The van der Waals surface area contributed by atoms with E-state index in [1.54, 1.807) is 6.07 Å². The van der Waals surface area contributed by atoms with E-state index in [0.717, 1.165) is 6.07 Å². The summed E-state index contributed by atoms with van der Waals surface area (Å²) in [5.41, 5.74) is 4.85. The highest BCUT2D eigenvalue weighted by molar-refractivity contribution is 5.92. The van der Waals surface area contributed by atoms with Gasteiger partial charge in [-0.1, -0.05) is 0 Å². The van der Waals surface area contributed by atoms with Gasteiger partial charge in [-0.05, 0) is 17.7 Å². The lowest BCUT2D eigenvalue weighted by molar-refractivity contribution is -0.0505. The average molecular weight is 242 g/mol. The Kier molecular flexibility index (Phi) is 3.96. The van der Waals surface area contributed by atoms with E-state index < -0.39 is 23.9 Å². The highest BCUT2D eigenvalue weighted by Crippen LogP contribution is 2.27. The number of alkyl halides is 2. The average Bonchev–Trinajstić information content (AvgIpc) is 2.28. The lowest BCUT2D eigenvalue weighted by Crippen LogP contribution is -2.11. The van der Waals surface area contributed by atoms with E-state index in [2.05, 4.69) is 4.74 Å². The van der Waals surface area contributed by atoms with Gasteiger partial charge in [-0.2, -0.15) is 14.0 Å². The first-order chi connectivity index (χ1) is 7.99. The molecule has 0 fully saturated rings. The van der Waals surface area contributed by atoms with E-state index in [4.69, 9.17) is 16.1 Å². The summed E-state index contributed by atoms with van der Waals surface area (Å²) in [4.78, 5) is 10.9. The molecule has 0 aromatic heterocycles. The van der Waals surface area contributed by atoms with E-state index in [1.807, 2.05) is 0 Å². The van der Waals surface area contributed by atoms with Crippen LogP contribution in [0.25, 0.3) is 0 Å². The van der Waals surface area contributed by atoms with Crippen LogP contribution in [0.1, 0.15) is 21.5 Å².